The summed E-state index contributed by atoms with van der Waals surface area (Å²) >= 11 is 0. The van der Waals surface area contributed by atoms with E-state index in [1.807, 2.05) is 13.8 Å². The van der Waals surface area contributed by atoms with Crippen molar-refractivity contribution >= 4 is 11.9 Å². The molecule has 0 N–H and O–H groups in total. The maximum Gasteiger partial charge on any atom is 0.330 e. The maximum atomic E-state index is 11.1. The standard InChI is InChI=1S/C10H17NO3/c1-5-11(9(3)12)8(2)6-7-10(13)14-4/h6-8H,5H2,1-4H3/b7-6+. The topological polar surface area (TPSA) is 46.6 Å². The first kappa shape index (κ1) is 12.7. The third-order valence-electron chi connectivity index (χ3n) is 1.95. The molecule has 0 aromatic heterocycles. The summed E-state index contributed by atoms with van der Waals surface area (Å²) in [6.07, 6.45) is 2.98. The summed E-state index contributed by atoms with van der Waals surface area (Å²) in [6.45, 7) is 5.88. The summed E-state index contributed by atoms with van der Waals surface area (Å²) in [4.78, 5) is 23.5. The molecule has 0 radical (unpaired) electrons. The number of hydrogen-bond donors (Lipinski definition) is 0. The zero-order valence-electron chi connectivity index (χ0n) is 9.11. The van der Waals surface area contributed by atoms with Crippen LogP contribution in [0.25, 0.3) is 0 Å². The second-order valence-electron chi connectivity index (χ2n) is 2.93. The Morgan fingerprint density at radius 1 is 1.50 bits per heavy atom. The summed E-state index contributed by atoms with van der Waals surface area (Å²) in [5, 5.41) is 0. The number of nitrogens with zero attached hydrogens (tertiary/aromatic N) is 1. The number of ether oxygens (including phenoxy) is 1. The van der Waals surface area contributed by atoms with E-state index in [4.69, 9.17) is 0 Å². The highest BCUT2D eigenvalue weighted by molar-refractivity contribution is 5.82. The van der Waals surface area contributed by atoms with Crippen molar-refractivity contribution in [1.29, 1.82) is 0 Å². The van der Waals surface area contributed by atoms with Gasteiger partial charge < -0.3 is 9.64 Å². The van der Waals surface area contributed by atoms with E-state index in [-0.39, 0.29) is 11.9 Å². The van der Waals surface area contributed by atoms with Gasteiger partial charge in [-0.3, -0.25) is 4.79 Å². The van der Waals surface area contributed by atoms with Crippen LogP contribution in [0.4, 0.5) is 0 Å². The first-order valence-corrected chi connectivity index (χ1v) is 4.56. The monoisotopic (exact) mass is 199 g/mol. The van der Waals surface area contributed by atoms with Crippen LogP contribution in [-0.2, 0) is 14.3 Å². The van der Waals surface area contributed by atoms with E-state index in [0.29, 0.717) is 6.54 Å². The van der Waals surface area contributed by atoms with Gasteiger partial charge in [0.05, 0.1) is 7.11 Å². The molecule has 0 fully saturated rings. The molecule has 0 heterocycles. The summed E-state index contributed by atoms with van der Waals surface area (Å²) in [7, 11) is 1.32. The largest absolute Gasteiger partial charge is 0.466 e. The fourth-order valence-corrected chi connectivity index (χ4v) is 1.19. The molecule has 1 unspecified atom stereocenters. The normalized spacial score (nSPS) is 12.6. The number of carbonyl (C=O) groups excluding carboxylic acids is 2. The third kappa shape index (κ3) is 4.07. The maximum absolute atomic E-state index is 11.1. The first-order chi connectivity index (χ1) is 6.52. The Kier molecular flexibility index (Phi) is 5.60. The molecule has 0 spiro atoms. The molecule has 0 rings (SSSR count). The minimum atomic E-state index is -0.406. The molecule has 1 atom stereocenters. The van der Waals surface area contributed by atoms with E-state index >= 15 is 0 Å². The number of likely N-dealkylation sites (N-methyl/N-ethyl adjacent to an activating group) is 1. The van der Waals surface area contributed by atoms with Crippen molar-refractivity contribution in [2.75, 3.05) is 13.7 Å². The molecule has 0 aliphatic rings. The average Bonchev–Trinajstić information content (AvgIpc) is 2.14. The van der Waals surface area contributed by atoms with Crippen molar-refractivity contribution in [3.8, 4) is 0 Å². The molecule has 1 amide bonds. The van der Waals surface area contributed by atoms with Crippen LogP contribution >= 0.6 is 0 Å². The minimum absolute atomic E-state index is 0.00508. The van der Waals surface area contributed by atoms with Gasteiger partial charge in [0.15, 0.2) is 0 Å². The molecular weight excluding hydrogens is 182 g/mol. The highest BCUT2D eigenvalue weighted by atomic mass is 16.5. The smallest absolute Gasteiger partial charge is 0.330 e. The summed E-state index contributed by atoms with van der Waals surface area (Å²) in [6, 6.07) is -0.0865. The SMILES string of the molecule is CCN(C(C)=O)C(C)/C=C/C(=O)OC. The quantitative estimate of drug-likeness (QED) is 0.500. The van der Waals surface area contributed by atoms with E-state index < -0.39 is 5.97 Å². The second-order valence-corrected chi connectivity index (χ2v) is 2.93. The molecule has 0 bridgehead atoms. The molecule has 0 aliphatic carbocycles. The molecule has 0 aromatic rings. The van der Waals surface area contributed by atoms with Gasteiger partial charge in [-0.25, -0.2) is 4.79 Å². The van der Waals surface area contributed by atoms with Crippen LogP contribution in [0.3, 0.4) is 0 Å². The average molecular weight is 199 g/mol. The molecule has 0 saturated carbocycles. The van der Waals surface area contributed by atoms with E-state index in [2.05, 4.69) is 4.74 Å². The van der Waals surface area contributed by atoms with Crippen LogP contribution in [0.15, 0.2) is 12.2 Å². The van der Waals surface area contributed by atoms with Crippen molar-refractivity contribution in [2.24, 2.45) is 0 Å². The Morgan fingerprint density at radius 2 is 2.07 bits per heavy atom. The highest BCUT2D eigenvalue weighted by Gasteiger charge is 2.11. The van der Waals surface area contributed by atoms with Crippen LogP contribution in [0.2, 0.25) is 0 Å². The summed E-state index contributed by atoms with van der Waals surface area (Å²) < 4.78 is 4.45. The van der Waals surface area contributed by atoms with Gasteiger partial charge in [0.2, 0.25) is 5.91 Å². The lowest BCUT2D eigenvalue weighted by atomic mass is 10.2. The van der Waals surface area contributed by atoms with Crippen LogP contribution in [0, 0.1) is 0 Å². The van der Waals surface area contributed by atoms with Gasteiger partial charge in [-0.1, -0.05) is 6.08 Å². The molecule has 14 heavy (non-hydrogen) atoms. The fraction of sp³-hybridized carbons (Fsp3) is 0.600. The lowest BCUT2D eigenvalue weighted by Crippen LogP contribution is -2.35. The van der Waals surface area contributed by atoms with Gasteiger partial charge in [0, 0.05) is 25.6 Å². The molecule has 0 saturated heterocycles. The van der Waals surface area contributed by atoms with Gasteiger partial charge >= 0.3 is 5.97 Å². The van der Waals surface area contributed by atoms with Crippen molar-refractivity contribution in [1.82, 2.24) is 4.90 Å². The van der Waals surface area contributed by atoms with Crippen molar-refractivity contribution in [3.05, 3.63) is 12.2 Å². The zero-order chi connectivity index (χ0) is 11.1. The molecule has 0 aromatic carbocycles. The summed E-state index contributed by atoms with van der Waals surface area (Å²) in [5.74, 6) is -0.411. The predicted octanol–water partition coefficient (Wildman–Crippen LogP) is 0.972. The molecule has 4 nitrogen and oxygen atoms in total. The first-order valence-electron chi connectivity index (χ1n) is 4.56. The van der Waals surface area contributed by atoms with Gasteiger partial charge in [-0.2, -0.15) is 0 Å². The zero-order valence-corrected chi connectivity index (χ0v) is 9.11. The number of rotatable bonds is 4. The number of hydrogen-bond acceptors (Lipinski definition) is 3. The molecule has 4 heteroatoms. The van der Waals surface area contributed by atoms with E-state index in [1.165, 1.54) is 20.1 Å². The number of methoxy groups -OCH3 is 1. The predicted molar refractivity (Wildman–Crippen MR) is 53.7 cm³/mol. The molecular formula is C10H17NO3. The van der Waals surface area contributed by atoms with Crippen LogP contribution in [0.5, 0.6) is 0 Å². The molecule has 0 aliphatic heterocycles. The van der Waals surface area contributed by atoms with Gasteiger partial charge in [-0.05, 0) is 13.8 Å². The van der Waals surface area contributed by atoms with Gasteiger partial charge in [0.1, 0.15) is 0 Å². The van der Waals surface area contributed by atoms with Crippen molar-refractivity contribution in [2.45, 2.75) is 26.8 Å². The Hall–Kier alpha value is -1.32. The Labute approximate surface area is 84.5 Å². The second kappa shape index (κ2) is 6.18. The van der Waals surface area contributed by atoms with Gasteiger partial charge in [-0.15, -0.1) is 0 Å². The highest BCUT2D eigenvalue weighted by Crippen LogP contribution is 2.01. The van der Waals surface area contributed by atoms with E-state index in [9.17, 15) is 9.59 Å². The lowest BCUT2D eigenvalue weighted by Gasteiger charge is -2.23. The molecule has 80 valence electrons. The summed E-state index contributed by atoms with van der Waals surface area (Å²) in [5.41, 5.74) is 0. The Balaban J connectivity index is 4.30. The Bertz CT molecular complexity index is 236. The number of carbonyl (C=O) groups is 2. The fourth-order valence-electron chi connectivity index (χ4n) is 1.19. The van der Waals surface area contributed by atoms with E-state index in [0.717, 1.165) is 0 Å². The number of esters is 1. The van der Waals surface area contributed by atoms with Crippen molar-refractivity contribution < 1.29 is 14.3 Å². The van der Waals surface area contributed by atoms with Crippen LogP contribution in [0.1, 0.15) is 20.8 Å². The van der Waals surface area contributed by atoms with Crippen LogP contribution in [-0.4, -0.2) is 36.5 Å². The Morgan fingerprint density at radius 3 is 2.43 bits per heavy atom. The van der Waals surface area contributed by atoms with Crippen LogP contribution < -0.4 is 0 Å². The van der Waals surface area contributed by atoms with Gasteiger partial charge in [0.25, 0.3) is 0 Å². The van der Waals surface area contributed by atoms with E-state index in [1.54, 1.807) is 11.0 Å². The third-order valence-corrected chi connectivity index (χ3v) is 1.95. The lowest BCUT2D eigenvalue weighted by molar-refractivity contribution is -0.135. The minimum Gasteiger partial charge on any atom is -0.466 e. The van der Waals surface area contributed by atoms with Crippen molar-refractivity contribution in [3.63, 3.8) is 0 Å². The number of amides is 1.